The summed E-state index contributed by atoms with van der Waals surface area (Å²) in [6, 6.07) is 69.8. The molecule has 0 N–H and O–H groups in total. The maximum Gasteiger partial charge on any atom is 0.164 e. The molecule has 284 valence electrons. The van der Waals surface area contributed by atoms with Crippen LogP contribution in [0.15, 0.2) is 194 Å². The van der Waals surface area contributed by atoms with Gasteiger partial charge in [-0.1, -0.05) is 133 Å². The minimum absolute atomic E-state index is 0.628. The van der Waals surface area contributed by atoms with Gasteiger partial charge >= 0.3 is 0 Å². The predicted octanol–water partition coefficient (Wildman–Crippen LogP) is 15.5. The van der Waals surface area contributed by atoms with E-state index in [1.54, 1.807) is 11.3 Å². The van der Waals surface area contributed by atoms with Crippen molar-refractivity contribution in [3.8, 4) is 51.0 Å². The van der Waals surface area contributed by atoms with Gasteiger partial charge in [0, 0.05) is 73.4 Å². The zero-order valence-electron chi connectivity index (χ0n) is 32.6. The lowest BCUT2D eigenvalue weighted by molar-refractivity contribution is 1.07. The first kappa shape index (κ1) is 34.4. The number of benzene rings is 9. The molecule has 0 bridgehead atoms. The lowest BCUT2D eigenvalue weighted by Crippen LogP contribution is -2.02. The summed E-state index contributed by atoms with van der Waals surface area (Å²) < 4.78 is 7.47. The zero-order chi connectivity index (χ0) is 40.0. The zero-order valence-corrected chi connectivity index (χ0v) is 34.2. The van der Waals surface area contributed by atoms with Crippen LogP contribution in [-0.2, 0) is 0 Å². The summed E-state index contributed by atoms with van der Waals surface area (Å²) in [5.41, 5.74) is 8.54. The van der Waals surface area contributed by atoms with Gasteiger partial charge in [0.1, 0.15) is 0 Å². The second-order valence-corrected chi connectivity index (χ2v) is 17.7. The first-order valence-electron chi connectivity index (χ1n) is 20.4. The molecule has 0 spiro atoms. The van der Waals surface area contributed by atoms with E-state index in [4.69, 9.17) is 15.0 Å². The fraction of sp³-hybridized carbons (Fsp3) is 0. The lowest BCUT2D eigenvalue weighted by atomic mass is 9.95. The largest absolute Gasteiger partial charge is 0.309 e. The van der Waals surface area contributed by atoms with Crippen molar-refractivity contribution in [3.05, 3.63) is 194 Å². The van der Waals surface area contributed by atoms with Gasteiger partial charge in [-0.15, -0.1) is 22.7 Å². The van der Waals surface area contributed by atoms with E-state index in [0.717, 1.165) is 33.5 Å². The molecule has 0 amide bonds. The smallest absolute Gasteiger partial charge is 0.164 e. The Balaban J connectivity index is 1.09. The number of hydrogen-bond acceptors (Lipinski definition) is 5. The molecular formula is C55H32N4S2. The third kappa shape index (κ3) is 5.46. The normalized spacial score (nSPS) is 11.9. The molecule has 4 heterocycles. The number of thiophene rings is 2. The molecule has 4 nitrogen and oxygen atoms in total. The van der Waals surface area contributed by atoms with Gasteiger partial charge in [0.05, 0.1) is 16.7 Å². The van der Waals surface area contributed by atoms with Crippen molar-refractivity contribution in [1.82, 2.24) is 19.5 Å². The molecule has 61 heavy (non-hydrogen) atoms. The van der Waals surface area contributed by atoms with Gasteiger partial charge < -0.3 is 4.57 Å². The van der Waals surface area contributed by atoms with Gasteiger partial charge in [-0.2, -0.15) is 0 Å². The summed E-state index contributed by atoms with van der Waals surface area (Å²) in [4.78, 5) is 15.7. The number of para-hydroxylation sites is 1. The second-order valence-electron chi connectivity index (χ2n) is 15.6. The minimum Gasteiger partial charge on any atom is -0.309 e. The summed E-state index contributed by atoms with van der Waals surface area (Å²) >= 11 is 3.65. The third-order valence-electron chi connectivity index (χ3n) is 12.0. The van der Waals surface area contributed by atoms with Crippen LogP contribution in [0.1, 0.15) is 0 Å². The SMILES string of the molecule is c1ccc(-c2nc(-c3ccc(-n4c5ccccc5c5cc6ccccc6cc54)c(-c4cccc5sc6ccccc6c45)c3)nc(-c3ccc4c(c3)sc3ccccc34)n2)cc1. The Kier molecular flexibility index (Phi) is 7.61. The maximum absolute atomic E-state index is 5.30. The highest BCUT2D eigenvalue weighted by Crippen LogP contribution is 2.45. The van der Waals surface area contributed by atoms with Crippen molar-refractivity contribution in [3.63, 3.8) is 0 Å². The molecule has 0 atom stereocenters. The van der Waals surface area contributed by atoms with Crippen LogP contribution < -0.4 is 0 Å². The quantitative estimate of drug-likeness (QED) is 0.174. The number of aromatic nitrogens is 4. The Bertz CT molecular complexity index is 3900. The van der Waals surface area contributed by atoms with Crippen LogP contribution in [0.25, 0.3) is 124 Å². The van der Waals surface area contributed by atoms with E-state index >= 15 is 0 Å². The van der Waals surface area contributed by atoms with Crippen molar-refractivity contribution >= 4 is 95.6 Å². The van der Waals surface area contributed by atoms with E-state index in [-0.39, 0.29) is 0 Å². The average Bonchev–Trinajstić information content (AvgIpc) is 4.00. The number of hydrogen-bond donors (Lipinski definition) is 0. The first-order valence-corrected chi connectivity index (χ1v) is 22.1. The summed E-state index contributed by atoms with van der Waals surface area (Å²) in [5.74, 6) is 1.92. The van der Waals surface area contributed by atoms with Crippen molar-refractivity contribution in [2.24, 2.45) is 0 Å². The average molecular weight is 813 g/mol. The highest BCUT2D eigenvalue weighted by Gasteiger charge is 2.22. The number of fused-ring (bicyclic) bond motifs is 10. The summed E-state index contributed by atoms with van der Waals surface area (Å²) in [6.07, 6.45) is 0. The molecule has 13 aromatic rings. The topological polar surface area (TPSA) is 43.6 Å². The molecule has 13 rings (SSSR count). The Labute approximate surface area is 358 Å². The Morgan fingerprint density at radius 1 is 0.328 bits per heavy atom. The summed E-state index contributed by atoms with van der Waals surface area (Å²) in [6.45, 7) is 0. The molecule has 0 aliphatic carbocycles. The standard InChI is InChI=1S/C55H32N4S2/c1-2-13-33(14-3-1)53-56-54(58-55(57-53)37-25-27-40-39-18-7-10-22-48(39)61-51(40)32-37)36-26-28-46(44(30-36)41-20-12-24-50-52(41)42-19-8-11-23-49(42)60-50)59-45-21-9-6-17-38(45)43-29-34-15-4-5-16-35(34)31-47(43)59/h1-32H. The van der Waals surface area contributed by atoms with Crippen LogP contribution in [0.3, 0.4) is 0 Å². The summed E-state index contributed by atoms with van der Waals surface area (Å²) in [5, 5.41) is 9.93. The van der Waals surface area contributed by atoms with Gasteiger partial charge in [-0.25, -0.2) is 15.0 Å². The van der Waals surface area contributed by atoms with E-state index in [1.807, 2.05) is 29.5 Å². The van der Waals surface area contributed by atoms with E-state index in [0.29, 0.717) is 17.5 Å². The second kappa shape index (κ2) is 13.5. The van der Waals surface area contributed by atoms with Gasteiger partial charge in [0.2, 0.25) is 0 Å². The predicted molar refractivity (Wildman–Crippen MR) is 259 cm³/mol. The molecule has 4 aromatic heterocycles. The van der Waals surface area contributed by atoms with Gasteiger partial charge in [-0.3, -0.25) is 0 Å². The molecule has 6 heteroatoms. The highest BCUT2D eigenvalue weighted by atomic mass is 32.1. The molecule has 0 unspecified atom stereocenters. The molecule has 0 saturated carbocycles. The third-order valence-corrected chi connectivity index (χ3v) is 14.3. The monoisotopic (exact) mass is 812 g/mol. The van der Waals surface area contributed by atoms with Gasteiger partial charge in [-0.05, 0) is 77.0 Å². The van der Waals surface area contributed by atoms with E-state index in [2.05, 4.69) is 180 Å². The van der Waals surface area contributed by atoms with Crippen LogP contribution in [0.4, 0.5) is 0 Å². The first-order chi connectivity index (χ1) is 30.2. The van der Waals surface area contributed by atoms with Crippen LogP contribution >= 0.6 is 22.7 Å². The summed E-state index contributed by atoms with van der Waals surface area (Å²) in [7, 11) is 0. The van der Waals surface area contributed by atoms with Crippen molar-refractivity contribution in [1.29, 1.82) is 0 Å². The number of rotatable bonds is 5. The van der Waals surface area contributed by atoms with Crippen LogP contribution in [0, 0.1) is 0 Å². The molecule has 9 aromatic carbocycles. The van der Waals surface area contributed by atoms with Crippen molar-refractivity contribution in [2.45, 2.75) is 0 Å². The lowest BCUT2D eigenvalue weighted by Gasteiger charge is -2.17. The van der Waals surface area contributed by atoms with Crippen LogP contribution in [0.5, 0.6) is 0 Å². The molecule has 0 fully saturated rings. The van der Waals surface area contributed by atoms with Crippen LogP contribution in [0.2, 0.25) is 0 Å². The minimum atomic E-state index is 0.628. The fourth-order valence-electron chi connectivity index (χ4n) is 9.22. The van der Waals surface area contributed by atoms with Gasteiger partial charge in [0.15, 0.2) is 17.5 Å². The number of nitrogens with zero attached hydrogens (tertiary/aromatic N) is 4. The van der Waals surface area contributed by atoms with Crippen LogP contribution in [-0.4, -0.2) is 19.5 Å². The maximum atomic E-state index is 5.30. The van der Waals surface area contributed by atoms with E-state index < -0.39 is 0 Å². The Morgan fingerprint density at radius 2 is 0.918 bits per heavy atom. The Hall–Kier alpha value is -7.51. The molecule has 0 saturated heterocycles. The Morgan fingerprint density at radius 3 is 1.74 bits per heavy atom. The molecule has 0 aliphatic heterocycles. The van der Waals surface area contributed by atoms with Crippen molar-refractivity contribution in [2.75, 3.05) is 0 Å². The fourth-order valence-corrected chi connectivity index (χ4v) is 11.5. The van der Waals surface area contributed by atoms with Gasteiger partial charge in [0.25, 0.3) is 0 Å². The van der Waals surface area contributed by atoms with Crippen molar-refractivity contribution < 1.29 is 0 Å². The molecular weight excluding hydrogens is 781 g/mol. The highest BCUT2D eigenvalue weighted by molar-refractivity contribution is 7.26. The molecule has 0 aliphatic rings. The molecule has 0 radical (unpaired) electrons. The van der Waals surface area contributed by atoms with E-state index in [9.17, 15) is 0 Å². The van der Waals surface area contributed by atoms with E-state index in [1.165, 1.54) is 73.0 Å².